The molecule has 19 heavy (non-hydrogen) atoms. The van der Waals surface area contributed by atoms with Crippen LogP contribution in [0.1, 0.15) is 33.4 Å². The number of hydrogen-bond acceptors (Lipinski definition) is 5. The SMILES string of the molecule is CC1(C)CN(Cc2cc(NN)ccn2)CC(C)(C)O1. The molecule has 1 saturated heterocycles. The van der Waals surface area contributed by atoms with E-state index in [0.29, 0.717) is 0 Å². The van der Waals surface area contributed by atoms with Crippen LogP contribution in [0.2, 0.25) is 0 Å². The van der Waals surface area contributed by atoms with Crippen LogP contribution >= 0.6 is 0 Å². The average Bonchev–Trinajstić information content (AvgIpc) is 2.24. The van der Waals surface area contributed by atoms with Gasteiger partial charge >= 0.3 is 0 Å². The maximum atomic E-state index is 6.08. The van der Waals surface area contributed by atoms with Gasteiger partial charge in [-0.2, -0.15) is 0 Å². The molecule has 0 radical (unpaired) electrons. The molecule has 3 N–H and O–H groups in total. The van der Waals surface area contributed by atoms with Crippen molar-refractivity contribution in [3.05, 3.63) is 24.0 Å². The zero-order valence-corrected chi connectivity index (χ0v) is 12.2. The Kier molecular flexibility index (Phi) is 3.80. The first kappa shape index (κ1) is 14.2. The van der Waals surface area contributed by atoms with E-state index in [9.17, 15) is 0 Å². The first-order valence-electron chi connectivity index (χ1n) is 6.64. The van der Waals surface area contributed by atoms with Crippen LogP contribution in [0.3, 0.4) is 0 Å². The number of nitrogens with two attached hydrogens (primary N) is 1. The van der Waals surface area contributed by atoms with Gasteiger partial charge in [-0.05, 0) is 39.8 Å². The number of morpholine rings is 1. The Morgan fingerprint density at radius 1 is 1.32 bits per heavy atom. The van der Waals surface area contributed by atoms with Crippen LogP contribution < -0.4 is 11.3 Å². The lowest BCUT2D eigenvalue weighted by atomic mass is 9.99. The van der Waals surface area contributed by atoms with Crippen LogP contribution in [-0.2, 0) is 11.3 Å². The van der Waals surface area contributed by atoms with Crippen molar-refractivity contribution in [2.75, 3.05) is 18.5 Å². The maximum absolute atomic E-state index is 6.08. The van der Waals surface area contributed by atoms with Crippen molar-refractivity contribution in [3.8, 4) is 0 Å². The number of nitrogens with zero attached hydrogens (tertiary/aromatic N) is 2. The van der Waals surface area contributed by atoms with E-state index in [2.05, 4.69) is 43.0 Å². The Balaban J connectivity index is 2.09. The fourth-order valence-corrected chi connectivity index (χ4v) is 2.94. The lowest BCUT2D eigenvalue weighted by Crippen LogP contribution is -2.56. The van der Waals surface area contributed by atoms with Gasteiger partial charge in [0.2, 0.25) is 0 Å². The van der Waals surface area contributed by atoms with Gasteiger partial charge in [0.05, 0.1) is 22.6 Å². The smallest absolute Gasteiger partial charge is 0.0760 e. The average molecular weight is 264 g/mol. The van der Waals surface area contributed by atoms with Crippen LogP contribution in [-0.4, -0.2) is 34.2 Å². The van der Waals surface area contributed by atoms with E-state index < -0.39 is 0 Å². The van der Waals surface area contributed by atoms with Crippen LogP contribution in [0.4, 0.5) is 5.69 Å². The van der Waals surface area contributed by atoms with E-state index in [4.69, 9.17) is 10.6 Å². The number of nitrogens with one attached hydrogen (secondary N) is 1. The number of hydrogen-bond donors (Lipinski definition) is 2. The molecule has 1 aromatic heterocycles. The Labute approximate surface area is 115 Å². The summed E-state index contributed by atoms with van der Waals surface area (Å²) < 4.78 is 6.08. The number of anilines is 1. The molecule has 0 bridgehead atoms. The second-order valence-electron chi connectivity index (χ2n) is 6.45. The van der Waals surface area contributed by atoms with E-state index in [1.54, 1.807) is 6.20 Å². The van der Waals surface area contributed by atoms with Crippen LogP contribution in [0.15, 0.2) is 18.3 Å². The van der Waals surface area contributed by atoms with Crippen molar-refractivity contribution in [2.24, 2.45) is 5.84 Å². The fourth-order valence-electron chi connectivity index (χ4n) is 2.94. The quantitative estimate of drug-likeness (QED) is 0.643. The third kappa shape index (κ3) is 3.89. The molecule has 1 aliphatic heterocycles. The van der Waals surface area contributed by atoms with Gasteiger partial charge in [0.25, 0.3) is 0 Å². The van der Waals surface area contributed by atoms with Gasteiger partial charge in [-0.15, -0.1) is 0 Å². The monoisotopic (exact) mass is 264 g/mol. The third-order valence-corrected chi connectivity index (χ3v) is 3.13. The Morgan fingerprint density at radius 3 is 2.53 bits per heavy atom. The zero-order valence-electron chi connectivity index (χ0n) is 12.2. The highest BCUT2D eigenvalue weighted by Crippen LogP contribution is 2.28. The molecule has 0 amide bonds. The van der Waals surface area contributed by atoms with E-state index in [1.807, 2.05) is 12.1 Å². The predicted octanol–water partition coefficient (Wildman–Crippen LogP) is 1.76. The summed E-state index contributed by atoms with van der Waals surface area (Å²) >= 11 is 0. The normalized spacial score (nSPS) is 22.2. The molecular formula is C14H24N4O. The fraction of sp³-hybridized carbons (Fsp3) is 0.643. The van der Waals surface area contributed by atoms with E-state index in [0.717, 1.165) is 31.0 Å². The van der Waals surface area contributed by atoms with Crippen molar-refractivity contribution in [1.29, 1.82) is 0 Å². The van der Waals surface area contributed by atoms with Gasteiger partial charge in [-0.1, -0.05) is 0 Å². The zero-order chi connectivity index (χ0) is 14.1. The lowest BCUT2D eigenvalue weighted by Gasteiger charge is -2.47. The minimum atomic E-state index is -0.133. The van der Waals surface area contributed by atoms with Crippen LogP contribution in [0.5, 0.6) is 0 Å². The molecule has 1 aromatic rings. The lowest BCUT2D eigenvalue weighted by molar-refractivity contribution is -0.182. The number of pyridine rings is 1. The molecule has 1 aliphatic rings. The van der Waals surface area contributed by atoms with E-state index in [-0.39, 0.29) is 11.2 Å². The summed E-state index contributed by atoms with van der Waals surface area (Å²) in [5.41, 5.74) is 4.29. The van der Waals surface area contributed by atoms with Crippen molar-refractivity contribution in [3.63, 3.8) is 0 Å². The molecule has 106 valence electrons. The molecule has 5 heteroatoms. The highest BCUT2D eigenvalue weighted by molar-refractivity contribution is 5.41. The minimum Gasteiger partial charge on any atom is -0.367 e. The highest BCUT2D eigenvalue weighted by atomic mass is 16.5. The highest BCUT2D eigenvalue weighted by Gasteiger charge is 2.37. The Hall–Kier alpha value is -1.17. The van der Waals surface area contributed by atoms with Gasteiger partial charge < -0.3 is 10.2 Å². The van der Waals surface area contributed by atoms with Gasteiger partial charge in [-0.3, -0.25) is 15.7 Å². The molecule has 2 heterocycles. The standard InChI is InChI=1S/C14H24N4O/c1-13(2)9-18(10-14(3,4)19-13)8-12-7-11(17-15)5-6-16-12/h5-7H,8-10,15H2,1-4H3,(H,16,17). The molecule has 0 aliphatic carbocycles. The third-order valence-electron chi connectivity index (χ3n) is 3.13. The number of aromatic nitrogens is 1. The number of rotatable bonds is 3. The summed E-state index contributed by atoms with van der Waals surface area (Å²) in [5.74, 6) is 5.43. The predicted molar refractivity (Wildman–Crippen MR) is 76.6 cm³/mol. The Morgan fingerprint density at radius 2 is 1.95 bits per heavy atom. The van der Waals surface area contributed by atoms with E-state index >= 15 is 0 Å². The number of nitrogen functional groups attached to an aromatic ring is 1. The molecular weight excluding hydrogens is 240 g/mol. The first-order valence-corrected chi connectivity index (χ1v) is 6.64. The van der Waals surface area contributed by atoms with Crippen molar-refractivity contribution < 1.29 is 4.74 Å². The summed E-state index contributed by atoms with van der Waals surface area (Å²) in [6, 6.07) is 3.84. The van der Waals surface area contributed by atoms with Crippen molar-refractivity contribution >= 4 is 5.69 Å². The topological polar surface area (TPSA) is 63.4 Å². The largest absolute Gasteiger partial charge is 0.367 e. The summed E-state index contributed by atoms with van der Waals surface area (Å²) in [4.78, 5) is 6.78. The molecule has 0 aromatic carbocycles. The van der Waals surface area contributed by atoms with Crippen LogP contribution in [0, 0.1) is 0 Å². The minimum absolute atomic E-state index is 0.133. The molecule has 0 unspecified atom stereocenters. The molecule has 5 nitrogen and oxygen atoms in total. The number of ether oxygens (including phenoxy) is 1. The maximum Gasteiger partial charge on any atom is 0.0760 e. The van der Waals surface area contributed by atoms with Gasteiger partial charge in [0.1, 0.15) is 0 Å². The number of hydrazine groups is 1. The molecule has 1 fully saturated rings. The van der Waals surface area contributed by atoms with Gasteiger partial charge in [0, 0.05) is 25.8 Å². The Bertz CT molecular complexity index is 429. The van der Waals surface area contributed by atoms with Gasteiger partial charge in [-0.25, -0.2) is 0 Å². The van der Waals surface area contributed by atoms with Crippen LogP contribution in [0.25, 0.3) is 0 Å². The molecule has 0 saturated carbocycles. The first-order chi connectivity index (χ1) is 8.80. The second-order valence-corrected chi connectivity index (χ2v) is 6.45. The van der Waals surface area contributed by atoms with Crippen molar-refractivity contribution in [2.45, 2.75) is 45.4 Å². The van der Waals surface area contributed by atoms with Crippen molar-refractivity contribution in [1.82, 2.24) is 9.88 Å². The second kappa shape index (κ2) is 5.07. The summed E-state index contributed by atoms with van der Waals surface area (Å²) in [5, 5.41) is 0. The molecule has 0 atom stereocenters. The van der Waals surface area contributed by atoms with E-state index in [1.165, 1.54) is 0 Å². The summed E-state index contributed by atoms with van der Waals surface area (Å²) in [6.07, 6.45) is 1.78. The summed E-state index contributed by atoms with van der Waals surface area (Å²) in [6.45, 7) is 11.1. The molecule has 0 spiro atoms. The molecule has 2 rings (SSSR count). The van der Waals surface area contributed by atoms with Gasteiger partial charge in [0.15, 0.2) is 0 Å². The summed E-state index contributed by atoms with van der Waals surface area (Å²) in [7, 11) is 0.